The summed E-state index contributed by atoms with van der Waals surface area (Å²) in [6.45, 7) is 0.185. The highest BCUT2D eigenvalue weighted by atomic mass is 32.2. The predicted molar refractivity (Wildman–Crippen MR) is 141 cm³/mol. The standard InChI is InChI=1S/C26H35N5O6S/c32-21(11-5-4-10-20-23-18(15-38-20)29-26(37)30-23)27-14-22(33)31-12-6-9-19(31)24(34)28-17(25(35)36)13-16-7-2-1-3-8-16/h1-3,7-8,17-20,23H,4-6,9-15H2,(H,27,32)(H,28,34)(H,35,36)(H2,29,30,37)/t17-,18?,19-,20?,23?/m0/s1. The molecule has 5 N–H and O–H groups in total. The van der Waals surface area contributed by atoms with Crippen molar-refractivity contribution < 1.29 is 29.1 Å². The van der Waals surface area contributed by atoms with Gasteiger partial charge >= 0.3 is 12.0 Å². The van der Waals surface area contributed by atoms with E-state index in [9.17, 15) is 29.1 Å². The first kappa shape index (κ1) is 27.7. The monoisotopic (exact) mass is 545 g/mol. The van der Waals surface area contributed by atoms with Gasteiger partial charge in [-0.05, 0) is 31.2 Å². The number of carboxylic acid groups (broad SMARTS) is 1. The van der Waals surface area contributed by atoms with Crippen molar-refractivity contribution in [3.05, 3.63) is 35.9 Å². The number of fused-ring (bicyclic) bond motifs is 1. The molecule has 11 nitrogen and oxygen atoms in total. The summed E-state index contributed by atoms with van der Waals surface area (Å²) >= 11 is 1.84. The van der Waals surface area contributed by atoms with Crippen LogP contribution in [0.5, 0.6) is 0 Å². The number of nitrogens with one attached hydrogen (secondary N) is 4. The van der Waals surface area contributed by atoms with Gasteiger partial charge in [0, 0.05) is 30.4 Å². The van der Waals surface area contributed by atoms with Crippen molar-refractivity contribution in [3.63, 3.8) is 0 Å². The van der Waals surface area contributed by atoms with E-state index in [-0.39, 0.29) is 42.9 Å². The number of likely N-dealkylation sites (tertiary alicyclic amines) is 1. The molecule has 0 bridgehead atoms. The Bertz CT molecular complexity index is 1040. The van der Waals surface area contributed by atoms with Gasteiger partial charge in [0.1, 0.15) is 12.1 Å². The summed E-state index contributed by atoms with van der Waals surface area (Å²) in [7, 11) is 0. The molecular weight excluding hydrogens is 510 g/mol. The molecule has 3 aliphatic rings. The Labute approximate surface area is 225 Å². The molecule has 5 amide bonds. The van der Waals surface area contributed by atoms with Gasteiger partial charge < -0.3 is 31.3 Å². The zero-order chi connectivity index (χ0) is 27.1. The molecule has 38 heavy (non-hydrogen) atoms. The molecule has 1 aromatic rings. The molecular formula is C26H35N5O6S. The van der Waals surface area contributed by atoms with Crippen LogP contribution in [0.2, 0.25) is 0 Å². The number of hydrogen-bond acceptors (Lipinski definition) is 6. The number of benzene rings is 1. The Morgan fingerprint density at radius 3 is 2.68 bits per heavy atom. The van der Waals surface area contributed by atoms with E-state index in [1.807, 2.05) is 17.8 Å². The molecule has 0 radical (unpaired) electrons. The largest absolute Gasteiger partial charge is 0.480 e. The summed E-state index contributed by atoms with van der Waals surface area (Å²) in [4.78, 5) is 62.6. The summed E-state index contributed by atoms with van der Waals surface area (Å²) in [6, 6.07) is 7.40. The molecule has 12 heteroatoms. The van der Waals surface area contributed by atoms with Crippen LogP contribution in [-0.4, -0.2) is 88.0 Å². The number of thioether (sulfide) groups is 1. The molecule has 3 saturated heterocycles. The third-order valence-corrected chi connectivity index (χ3v) is 8.80. The second kappa shape index (κ2) is 13.0. The van der Waals surface area contributed by atoms with Crippen molar-refractivity contribution in [2.45, 2.75) is 74.4 Å². The molecule has 3 heterocycles. The average molecular weight is 546 g/mol. The Hall–Kier alpha value is -3.28. The number of carbonyl (C=O) groups excluding carboxylic acids is 4. The summed E-state index contributed by atoms with van der Waals surface area (Å²) in [6.07, 6.45) is 3.96. The van der Waals surface area contributed by atoms with Gasteiger partial charge in [-0.1, -0.05) is 36.8 Å². The first-order valence-electron chi connectivity index (χ1n) is 13.1. The zero-order valence-corrected chi connectivity index (χ0v) is 22.0. The second-order valence-corrected chi connectivity index (χ2v) is 11.3. The Kier molecular flexibility index (Phi) is 9.48. The van der Waals surface area contributed by atoms with Gasteiger partial charge in [-0.2, -0.15) is 11.8 Å². The van der Waals surface area contributed by atoms with Gasteiger partial charge in [0.05, 0.1) is 18.6 Å². The Balaban J connectivity index is 1.17. The number of rotatable bonds is 12. The highest BCUT2D eigenvalue weighted by Crippen LogP contribution is 2.33. The number of carbonyl (C=O) groups is 5. The smallest absolute Gasteiger partial charge is 0.326 e. The molecule has 1 aromatic carbocycles. The SMILES string of the molecule is O=C(CCCCC1SCC2NC(=O)NC21)NCC(=O)N1CCC[C@H]1C(=O)N[C@@H](Cc1ccccc1)C(=O)O. The van der Waals surface area contributed by atoms with E-state index < -0.39 is 24.0 Å². The lowest BCUT2D eigenvalue weighted by atomic mass is 10.0. The van der Waals surface area contributed by atoms with Gasteiger partial charge in [-0.15, -0.1) is 0 Å². The molecule has 3 fully saturated rings. The van der Waals surface area contributed by atoms with E-state index in [1.165, 1.54) is 4.90 Å². The van der Waals surface area contributed by atoms with Crippen molar-refractivity contribution in [2.24, 2.45) is 0 Å². The molecule has 0 saturated carbocycles. The fraction of sp³-hybridized carbons (Fsp3) is 0.577. The molecule has 3 aliphatic heterocycles. The highest BCUT2D eigenvalue weighted by molar-refractivity contribution is 8.00. The van der Waals surface area contributed by atoms with Crippen LogP contribution in [0, 0.1) is 0 Å². The molecule has 206 valence electrons. The molecule has 0 aliphatic carbocycles. The van der Waals surface area contributed by atoms with Crippen molar-refractivity contribution in [3.8, 4) is 0 Å². The topological polar surface area (TPSA) is 157 Å². The van der Waals surface area contributed by atoms with Gasteiger partial charge in [-0.25, -0.2) is 9.59 Å². The minimum absolute atomic E-state index is 0.110. The van der Waals surface area contributed by atoms with Crippen LogP contribution in [0.4, 0.5) is 4.79 Å². The number of carboxylic acids is 1. The first-order valence-corrected chi connectivity index (χ1v) is 14.2. The maximum atomic E-state index is 12.9. The third-order valence-electron chi connectivity index (χ3n) is 7.29. The van der Waals surface area contributed by atoms with Crippen molar-refractivity contribution in [2.75, 3.05) is 18.8 Å². The van der Waals surface area contributed by atoms with Crippen LogP contribution in [0.25, 0.3) is 0 Å². The third kappa shape index (κ3) is 7.18. The van der Waals surface area contributed by atoms with Crippen LogP contribution in [0.15, 0.2) is 30.3 Å². The lowest BCUT2D eigenvalue weighted by Crippen LogP contribution is -2.52. The summed E-state index contributed by atoms with van der Waals surface area (Å²) in [5.41, 5.74) is 0.788. The van der Waals surface area contributed by atoms with Gasteiger partial charge in [-0.3, -0.25) is 14.4 Å². The minimum Gasteiger partial charge on any atom is -0.480 e. The van der Waals surface area contributed by atoms with E-state index in [0.717, 1.165) is 24.2 Å². The number of nitrogens with zero attached hydrogens (tertiary/aromatic N) is 1. The zero-order valence-electron chi connectivity index (χ0n) is 21.2. The van der Waals surface area contributed by atoms with E-state index in [4.69, 9.17) is 0 Å². The number of hydrogen-bond donors (Lipinski definition) is 5. The number of aliphatic carboxylic acids is 1. The quantitative estimate of drug-likeness (QED) is 0.190. The Morgan fingerprint density at radius 1 is 1.13 bits per heavy atom. The second-order valence-electron chi connectivity index (χ2n) is 9.98. The van der Waals surface area contributed by atoms with Crippen LogP contribution >= 0.6 is 11.8 Å². The van der Waals surface area contributed by atoms with E-state index in [2.05, 4.69) is 21.3 Å². The van der Waals surface area contributed by atoms with Crippen LogP contribution in [-0.2, 0) is 25.6 Å². The summed E-state index contributed by atoms with van der Waals surface area (Å²) < 4.78 is 0. The first-order chi connectivity index (χ1) is 18.3. The summed E-state index contributed by atoms with van der Waals surface area (Å²) in [5, 5.41) is 21.0. The van der Waals surface area contributed by atoms with Gasteiger partial charge in [0.2, 0.25) is 17.7 Å². The number of unbranched alkanes of at least 4 members (excludes halogenated alkanes) is 1. The average Bonchev–Trinajstić information content (AvgIpc) is 3.62. The van der Waals surface area contributed by atoms with E-state index >= 15 is 0 Å². The van der Waals surface area contributed by atoms with E-state index in [1.54, 1.807) is 24.3 Å². The predicted octanol–water partition coefficient (Wildman–Crippen LogP) is 0.632. The van der Waals surface area contributed by atoms with Crippen molar-refractivity contribution >= 4 is 41.5 Å². The number of urea groups is 1. The fourth-order valence-electron chi connectivity index (χ4n) is 5.29. The van der Waals surface area contributed by atoms with Crippen LogP contribution in [0.1, 0.15) is 44.1 Å². The summed E-state index contributed by atoms with van der Waals surface area (Å²) in [5.74, 6) is -1.31. The van der Waals surface area contributed by atoms with Crippen molar-refractivity contribution in [1.82, 2.24) is 26.2 Å². The van der Waals surface area contributed by atoms with Gasteiger partial charge in [0.15, 0.2) is 0 Å². The number of amides is 5. The molecule has 0 spiro atoms. The lowest BCUT2D eigenvalue weighted by molar-refractivity contribution is -0.144. The lowest BCUT2D eigenvalue weighted by Gasteiger charge is -2.25. The molecule has 0 aromatic heterocycles. The minimum atomic E-state index is -1.14. The van der Waals surface area contributed by atoms with Gasteiger partial charge in [0.25, 0.3) is 0 Å². The molecule has 3 unspecified atom stereocenters. The fourth-order valence-corrected chi connectivity index (χ4v) is 6.84. The maximum Gasteiger partial charge on any atom is 0.326 e. The molecule has 5 atom stereocenters. The normalized spacial score (nSPS) is 24.7. The van der Waals surface area contributed by atoms with E-state index in [0.29, 0.717) is 37.5 Å². The van der Waals surface area contributed by atoms with Crippen molar-refractivity contribution in [1.29, 1.82) is 0 Å². The maximum absolute atomic E-state index is 12.9. The Morgan fingerprint density at radius 2 is 1.92 bits per heavy atom. The highest BCUT2D eigenvalue weighted by Gasteiger charge is 2.42. The van der Waals surface area contributed by atoms with Crippen LogP contribution < -0.4 is 21.3 Å². The molecule has 4 rings (SSSR count). The van der Waals surface area contributed by atoms with Crippen LogP contribution in [0.3, 0.4) is 0 Å².